The molecule has 0 aliphatic heterocycles. The van der Waals surface area contributed by atoms with Gasteiger partial charge in [-0.25, -0.2) is 19.2 Å². The Hall–Kier alpha value is -2.90. The van der Waals surface area contributed by atoms with Crippen LogP contribution >= 0.6 is 0 Å². The summed E-state index contributed by atoms with van der Waals surface area (Å²) in [6.07, 6.45) is 4.19. The number of hydrogen-bond acceptors (Lipinski definition) is 4. The van der Waals surface area contributed by atoms with Gasteiger partial charge >= 0.3 is 23.9 Å². The van der Waals surface area contributed by atoms with Crippen molar-refractivity contribution in [1.29, 1.82) is 0 Å². The number of rotatable bonds is 10. The molecule has 0 fully saturated rings. The van der Waals surface area contributed by atoms with Crippen LogP contribution in [-0.4, -0.2) is 44.3 Å². The normalized spacial score (nSPS) is 24.1. The van der Waals surface area contributed by atoms with E-state index in [0.717, 1.165) is 6.42 Å². The maximum Gasteiger partial charge on any atom is 0.336 e. The monoisotopic (exact) mass is 408 g/mol. The fourth-order valence-electron chi connectivity index (χ4n) is 3.57. The zero-order chi connectivity index (χ0) is 22.1. The van der Waals surface area contributed by atoms with Gasteiger partial charge in [0.1, 0.15) is 0 Å². The number of allylic oxidation sites excluding steroid dienone is 1. The maximum absolute atomic E-state index is 11.9. The summed E-state index contributed by atoms with van der Waals surface area (Å²) in [5, 5.41) is 38.8. The third-order valence-electron chi connectivity index (χ3n) is 4.99. The Morgan fingerprint density at radius 1 is 0.862 bits per heavy atom. The Kier molecular flexibility index (Phi) is 9.31. The first-order valence-electron chi connectivity index (χ1n) is 9.74. The zero-order valence-corrected chi connectivity index (χ0v) is 16.7. The van der Waals surface area contributed by atoms with E-state index >= 15 is 0 Å². The van der Waals surface area contributed by atoms with Crippen LogP contribution in [0.25, 0.3) is 0 Å². The highest BCUT2D eigenvalue weighted by Crippen LogP contribution is 2.37. The Bertz CT molecular complexity index is 770. The molecule has 0 bridgehead atoms. The maximum atomic E-state index is 11.9. The summed E-state index contributed by atoms with van der Waals surface area (Å²) in [4.78, 5) is 47.7. The molecule has 1 aliphatic carbocycles. The van der Waals surface area contributed by atoms with E-state index in [1.54, 1.807) is 0 Å². The molecular formula is C21H28O8. The molecule has 0 saturated carbocycles. The topological polar surface area (TPSA) is 149 Å². The van der Waals surface area contributed by atoms with Crippen LogP contribution in [0.2, 0.25) is 0 Å². The largest absolute Gasteiger partial charge is 0.478 e. The average Bonchev–Trinajstić information content (AvgIpc) is 2.61. The second-order valence-electron chi connectivity index (χ2n) is 7.06. The Morgan fingerprint density at radius 2 is 1.45 bits per heavy atom. The molecule has 0 aromatic carbocycles. The van der Waals surface area contributed by atoms with Crippen molar-refractivity contribution in [2.45, 2.75) is 65.2 Å². The highest BCUT2D eigenvalue weighted by molar-refractivity contribution is 6.05. The van der Waals surface area contributed by atoms with E-state index in [-0.39, 0.29) is 35.1 Å². The van der Waals surface area contributed by atoms with Crippen molar-refractivity contribution >= 4 is 23.9 Å². The van der Waals surface area contributed by atoms with Gasteiger partial charge in [0.25, 0.3) is 0 Å². The van der Waals surface area contributed by atoms with Crippen molar-refractivity contribution in [3.8, 4) is 0 Å². The van der Waals surface area contributed by atoms with E-state index < -0.39 is 41.8 Å². The SMILES string of the molecule is CCCCC=C1C/C(C(=O)O)=C(/C(=O)O)C(CCCC)C/C(C(=O)O)=C\1C(=O)O. The van der Waals surface area contributed by atoms with Gasteiger partial charge in [-0.1, -0.05) is 45.6 Å². The molecule has 1 unspecified atom stereocenters. The fourth-order valence-corrected chi connectivity index (χ4v) is 3.57. The van der Waals surface area contributed by atoms with Crippen molar-refractivity contribution in [1.82, 2.24) is 0 Å². The molecule has 4 N–H and O–H groups in total. The van der Waals surface area contributed by atoms with E-state index in [9.17, 15) is 39.6 Å². The molecule has 0 saturated heterocycles. The van der Waals surface area contributed by atoms with Crippen LogP contribution in [0, 0.1) is 5.92 Å². The molecule has 8 heteroatoms. The summed E-state index contributed by atoms with van der Waals surface area (Å²) in [6.45, 7) is 3.80. The van der Waals surface area contributed by atoms with Gasteiger partial charge in [0.05, 0.1) is 22.3 Å². The molecule has 1 atom stereocenters. The molecule has 160 valence electrons. The second kappa shape index (κ2) is 11.2. The molecule has 0 spiro atoms. The highest BCUT2D eigenvalue weighted by atomic mass is 16.4. The van der Waals surface area contributed by atoms with Crippen molar-refractivity contribution in [2.24, 2.45) is 5.92 Å². The number of carboxylic acids is 4. The highest BCUT2D eigenvalue weighted by Gasteiger charge is 2.36. The third kappa shape index (κ3) is 6.30. The Labute approximate surface area is 169 Å². The van der Waals surface area contributed by atoms with Crippen molar-refractivity contribution < 1.29 is 39.6 Å². The summed E-state index contributed by atoms with van der Waals surface area (Å²) in [7, 11) is 0. The molecular weight excluding hydrogens is 380 g/mol. The van der Waals surface area contributed by atoms with E-state index in [0.29, 0.717) is 25.7 Å². The van der Waals surface area contributed by atoms with Crippen LogP contribution < -0.4 is 0 Å². The predicted molar refractivity (Wildman–Crippen MR) is 104 cm³/mol. The van der Waals surface area contributed by atoms with Crippen LogP contribution in [0.15, 0.2) is 33.9 Å². The summed E-state index contributed by atoms with van der Waals surface area (Å²) in [5.41, 5.74) is -1.50. The Morgan fingerprint density at radius 3 is 1.90 bits per heavy atom. The molecule has 8 nitrogen and oxygen atoms in total. The first kappa shape index (κ1) is 24.1. The van der Waals surface area contributed by atoms with Crippen LogP contribution in [0.5, 0.6) is 0 Å². The lowest BCUT2D eigenvalue weighted by atomic mass is 9.77. The molecule has 0 heterocycles. The van der Waals surface area contributed by atoms with E-state index in [1.165, 1.54) is 6.08 Å². The minimum Gasteiger partial charge on any atom is -0.478 e. The quantitative estimate of drug-likeness (QED) is 0.400. The van der Waals surface area contributed by atoms with Crippen LogP contribution in [0.4, 0.5) is 0 Å². The van der Waals surface area contributed by atoms with Gasteiger partial charge in [-0.15, -0.1) is 0 Å². The molecule has 1 aliphatic rings. The van der Waals surface area contributed by atoms with Gasteiger partial charge in [0.15, 0.2) is 0 Å². The first-order valence-corrected chi connectivity index (χ1v) is 9.74. The second-order valence-corrected chi connectivity index (χ2v) is 7.06. The van der Waals surface area contributed by atoms with Crippen molar-refractivity contribution in [3.63, 3.8) is 0 Å². The standard InChI is InChI=1S/C21H28O8/c1-3-5-7-9-13-11-15(19(24)25)16(20(26)27)12(8-6-4-2)10-14(18(22)23)17(13)21(28)29/h9,12H,3-8,10-11H2,1-2H3,(H,22,23)(H,24,25)(H,26,27)(H,28,29)/b13-9?,16-15-,17-14-. The number of aliphatic carboxylic acids is 4. The number of unbranched alkanes of at least 4 members (excludes halogenated alkanes) is 3. The van der Waals surface area contributed by atoms with Crippen LogP contribution in [0.3, 0.4) is 0 Å². The zero-order valence-electron chi connectivity index (χ0n) is 16.7. The van der Waals surface area contributed by atoms with E-state index in [4.69, 9.17) is 0 Å². The lowest BCUT2D eigenvalue weighted by Gasteiger charge is -2.25. The lowest BCUT2D eigenvalue weighted by Crippen LogP contribution is -2.26. The van der Waals surface area contributed by atoms with Gasteiger partial charge in [-0.05, 0) is 30.8 Å². The predicted octanol–water partition coefficient (Wildman–Crippen LogP) is 3.63. The van der Waals surface area contributed by atoms with Gasteiger partial charge in [-0.2, -0.15) is 0 Å². The molecule has 0 aromatic rings. The number of carboxylic acid groups (broad SMARTS) is 4. The van der Waals surface area contributed by atoms with Gasteiger partial charge in [-0.3, -0.25) is 0 Å². The molecule has 0 radical (unpaired) electrons. The van der Waals surface area contributed by atoms with Gasteiger partial charge in [0.2, 0.25) is 0 Å². The van der Waals surface area contributed by atoms with Gasteiger partial charge in [0, 0.05) is 6.42 Å². The molecule has 0 aromatic heterocycles. The van der Waals surface area contributed by atoms with Gasteiger partial charge < -0.3 is 20.4 Å². The average molecular weight is 408 g/mol. The van der Waals surface area contributed by atoms with Crippen molar-refractivity contribution in [3.05, 3.63) is 33.9 Å². The third-order valence-corrected chi connectivity index (χ3v) is 4.99. The molecule has 1 rings (SSSR count). The van der Waals surface area contributed by atoms with Crippen LogP contribution in [0.1, 0.15) is 65.2 Å². The van der Waals surface area contributed by atoms with Crippen LogP contribution in [-0.2, 0) is 19.2 Å². The summed E-state index contributed by atoms with van der Waals surface area (Å²) < 4.78 is 0. The number of hydrogen-bond donors (Lipinski definition) is 4. The molecule has 0 amide bonds. The van der Waals surface area contributed by atoms with E-state index in [2.05, 4.69) is 0 Å². The summed E-state index contributed by atoms with van der Waals surface area (Å²) >= 11 is 0. The molecule has 29 heavy (non-hydrogen) atoms. The Balaban J connectivity index is 3.78. The minimum absolute atomic E-state index is 0.0356. The summed E-state index contributed by atoms with van der Waals surface area (Å²) in [5.74, 6) is -6.64. The fraction of sp³-hybridized carbons (Fsp3) is 0.524. The van der Waals surface area contributed by atoms with Crippen molar-refractivity contribution in [2.75, 3.05) is 0 Å². The minimum atomic E-state index is -1.46. The summed E-state index contributed by atoms with van der Waals surface area (Å²) in [6, 6.07) is 0. The first-order chi connectivity index (χ1) is 13.6. The smallest absolute Gasteiger partial charge is 0.336 e. The number of carbonyl (C=O) groups is 4. The lowest BCUT2D eigenvalue weighted by molar-refractivity contribution is -0.137. The van der Waals surface area contributed by atoms with E-state index in [1.807, 2.05) is 13.8 Å².